The molecular formula is C14H19N3OS. The second kappa shape index (κ2) is 7.21. The first-order chi connectivity index (χ1) is 9.35. The minimum absolute atomic E-state index is 0.139. The van der Waals surface area contributed by atoms with E-state index in [1.807, 2.05) is 30.9 Å². The zero-order valence-electron chi connectivity index (χ0n) is 11.3. The van der Waals surface area contributed by atoms with E-state index in [9.17, 15) is 0 Å². The van der Waals surface area contributed by atoms with Crippen LogP contribution < -0.4 is 10.1 Å². The van der Waals surface area contributed by atoms with Gasteiger partial charge in [0.2, 0.25) is 0 Å². The first-order valence-electron chi connectivity index (χ1n) is 6.54. The average Bonchev–Trinajstić information content (AvgIpc) is 2.94. The van der Waals surface area contributed by atoms with Gasteiger partial charge in [-0.2, -0.15) is 0 Å². The van der Waals surface area contributed by atoms with Gasteiger partial charge in [0.1, 0.15) is 5.75 Å². The van der Waals surface area contributed by atoms with Gasteiger partial charge in [0, 0.05) is 17.3 Å². The molecule has 0 amide bonds. The predicted molar refractivity (Wildman–Crippen MR) is 77.7 cm³/mol. The molecule has 0 bridgehead atoms. The van der Waals surface area contributed by atoms with E-state index >= 15 is 0 Å². The lowest BCUT2D eigenvalue weighted by molar-refractivity contribution is 0.338. The van der Waals surface area contributed by atoms with Crippen LogP contribution in [0.4, 0.5) is 0 Å². The molecule has 2 heterocycles. The van der Waals surface area contributed by atoms with Crippen LogP contribution in [0.1, 0.15) is 36.8 Å². The van der Waals surface area contributed by atoms with Crippen molar-refractivity contribution in [2.45, 2.75) is 26.3 Å². The van der Waals surface area contributed by atoms with Gasteiger partial charge in [-0.15, -0.1) is 11.3 Å². The highest BCUT2D eigenvalue weighted by Crippen LogP contribution is 2.26. The normalized spacial score (nSPS) is 12.3. The van der Waals surface area contributed by atoms with Gasteiger partial charge in [-0.05, 0) is 31.5 Å². The molecule has 0 spiro atoms. The summed E-state index contributed by atoms with van der Waals surface area (Å²) in [5.74, 6) is 0.813. The molecular weight excluding hydrogens is 258 g/mol. The Bertz CT molecular complexity index is 487. The van der Waals surface area contributed by atoms with Crippen molar-refractivity contribution in [3.8, 4) is 5.75 Å². The van der Waals surface area contributed by atoms with Crippen LogP contribution in [0.15, 0.2) is 30.2 Å². The molecule has 1 N–H and O–H groups in total. The Morgan fingerprint density at radius 1 is 1.26 bits per heavy atom. The second-order valence-electron chi connectivity index (χ2n) is 4.18. The standard InChI is InChI=1S/C14H19N3OS/c1-3-5-17-14(13-9-16-10-19-13)11-6-12(18-4-2)8-15-7-11/h6-10,14,17H,3-5H2,1-2H3. The highest BCUT2D eigenvalue weighted by molar-refractivity contribution is 7.09. The zero-order chi connectivity index (χ0) is 13.5. The third kappa shape index (κ3) is 3.75. The second-order valence-corrected chi connectivity index (χ2v) is 5.10. The summed E-state index contributed by atoms with van der Waals surface area (Å²) in [6, 6.07) is 2.18. The third-order valence-corrected chi connectivity index (χ3v) is 3.55. The van der Waals surface area contributed by atoms with E-state index in [-0.39, 0.29) is 6.04 Å². The van der Waals surface area contributed by atoms with Crippen molar-refractivity contribution in [3.05, 3.63) is 40.6 Å². The van der Waals surface area contributed by atoms with Crippen LogP contribution in [0.25, 0.3) is 0 Å². The smallest absolute Gasteiger partial charge is 0.137 e. The summed E-state index contributed by atoms with van der Waals surface area (Å²) in [6.45, 7) is 5.74. The highest BCUT2D eigenvalue weighted by Gasteiger charge is 2.15. The molecule has 0 aliphatic carbocycles. The van der Waals surface area contributed by atoms with Crippen molar-refractivity contribution >= 4 is 11.3 Å². The lowest BCUT2D eigenvalue weighted by Gasteiger charge is -2.17. The van der Waals surface area contributed by atoms with E-state index in [2.05, 4.69) is 22.2 Å². The van der Waals surface area contributed by atoms with Gasteiger partial charge in [-0.25, -0.2) is 0 Å². The predicted octanol–water partition coefficient (Wildman–Crippen LogP) is 3.03. The van der Waals surface area contributed by atoms with Crippen molar-refractivity contribution in [2.24, 2.45) is 0 Å². The molecule has 0 saturated heterocycles. The molecule has 0 aliphatic rings. The van der Waals surface area contributed by atoms with Crippen LogP contribution in [0.2, 0.25) is 0 Å². The monoisotopic (exact) mass is 277 g/mol. The van der Waals surface area contributed by atoms with Crippen LogP contribution in [0.5, 0.6) is 5.75 Å². The number of pyridine rings is 1. The van der Waals surface area contributed by atoms with Crippen molar-refractivity contribution < 1.29 is 4.74 Å². The molecule has 0 fully saturated rings. The Labute approximate surface area is 117 Å². The van der Waals surface area contributed by atoms with Gasteiger partial charge in [0.05, 0.1) is 24.4 Å². The molecule has 2 aromatic rings. The Morgan fingerprint density at radius 2 is 2.16 bits per heavy atom. The van der Waals surface area contributed by atoms with Gasteiger partial charge in [-0.3, -0.25) is 9.97 Å². The number of nitrogens with zero attached hydrogens (tertiary/aromatic N) is 2. The molecule has 0 saturated carbocycles. The maximum atomic E-state index is 5.52. The van der Waals surface area contributed by atoms with E-state index in [1.165, 1.54) is 4.88 Å². The van der Waals surface area contributed by atoms with Crippen LogP contribution in [-0.2, 0) is 0 Å². The molecule has 1 atom stereocenters. The van der Waals surface area contributed by atoms with Crippen LogP contribution in [0.3, 0.4) is 0 Å². The topological polar surface area (TPSA) is 47.0 Å². The first-order valence-corrected chi connectivity index (χ1v) is 7.42. The first kappa shape index (κ1) is 14.0. The van der Waals surface area contributed by atoms with Crippen LogP contribution in [-0.4, -0.2) is 23.1 Å². The molecule has 5 heteroatoms. The molecule has 19 heavy (non-hydrogen) atoms. The SMILES string of the molecule is CCCNC(c1cncc(OCC)c1)c1cncs1. The summed E-state index contributed by atoms with van der Waals surface area (Å²) < 4.78 is 5.52. The summed E-state index contributed by atoms with van der Waals surface area (Å²) >= 11 is 1.65. The molecule has 2 rings (SSSR count). The van der Waals surface area contributed by atoms with Crippen LogP contribution in [0, 0.1) is 0 Å². The van der Waals surface area contributed by atoms with E-state index in [0.717, 1.165) is 24.3 Å². The molecule has 1 unspecified atom stereocenters. The maximum Gasteiger partial charge on any atom is 0.137 e. The number of thiazole rings is 1. The fraction of sp³-hybridized carbons (Fsp3) is 0.429. The Morgan fingerprint density at radius 3 is 2.84 bits per heavy atom. The number of aromatic nitrogens is 2. The lowest BCUT2D eigenvalue weighted by atomic mass is 10.1. The lowest BCUT2D eigenvalue weighted by Crippen LogP contribution is -2.22. The van der Waals surface area contributed by atoms with E-state index in [0.29, 0.717) is 6.61 Å². The largest absolute Gasteiger partial charge is 0.492 e. The van der Waals surface area contributed by atoms with Crippen molar-refractivity contribution in [1.82, 2.24) is 15.3 Å². The summed E-state index contributed by atoms with van der Waals surface area (Å²) in [7, 11) is 0. The van der Waals surface area contributed by atoms with Gasteiger partial charge in [0.15, 0.2) is 0 Å². The van der Waals surface area contributed by atoms with Gasteiger partial charge >= 0.3 is 0 Å². The van der Waals surface area contributed by atoms with Crippen molar-refractivity contribution in [3.63, 3.8) is 0 Å². The molecule has 0 radical (unpaired) electrons. The highest BCUT2D eigenvalue weighted by atomic mass is 32.1. The number of rotatable bonds is 7. The Hall–Kier alpha value is -1.46. The average molecular weight is 277 g/mol. The van der Waals surface area contributed by atoms with Gasteiger partial charge in [-0.1, -0.05) is 6.92 Å². The van der Waals surface area contributed by atoms with Gasteiger partial charge in [0.25, 0.3) is 0 Å². The molecule has 0 aromatic carbocycles. The van der Waals surface area contributed by atoms with E-state index in [1.54, 1.807) is 17.5 Å². The molecule has 102 valence electrons. The quantitative estimate of drug-likeness (QED) is 0.845. The summed E-state index contributed by atoms with van der Waals surface area (Å²) in [5.41, 5.74) is 2.97. The molecule has 0 aliphatic heterocycles. The van der Waals surface area contributed by atoms with E-state index in [4.69, 9.17) is 4.74 Å². The fourth-order valence-electron chi connectivity index (χ4n) is 1.88. The summed E-state index contributed by atoms with van der Waals surface area (Å²) in [5, 5.41) is 3.53. The number of hydrogen-bond acceptors (Lipinski definition) is 5. The number of nitrogens with one attached hydrogen (secondary N) is 1. The maximum absolute atomic E-state index is 5.52. The Kier molecular flexibility index (Phi) is 5.30. The van der Waals surface area contributed by atoms with Gasteiger partial charge < -0.3 is 10.1 Å². The summed E-state index contributed by atoms with van der Waals surface area (Å²) in [4.78, 5) is 9.62. The minimum atomic E-state index is 0.139. The Balaban J connectivity index is 2.24. The zero-order valence-corrected chi connectivity index (χ0v) is 12.1. The van der Waals surface area contributed by atoms with Crippen molar-refractivity contribution in [1.29, 1.82) is 0 Å². The number of ether oxygens (including phenoxy) is 1. The van der Waals surface area contributed by atoms with E-state index < -0.39 is 0 Å². The molecule has 4 nitrogen and oxygen atoms in total. The fourth-order valence-corrected chi connectivity index (χ4v) is 2.60. The number of hydrogen-bond donors (Lipinski definition) is 1. The summed E-state index contributed by atoms with van der Waals surface area (Å²) in [6.07, 6.45) is 6.63. The molecule has 2 aromatic heterocycles. The minimum Gasteiger partial charge on any atom is -0.492 e. The third-order valence-electron chi connectivity index (χ3n) is 2.71. The van der Waals surface area contributed by atoms with Crippen LogP contribution >= 0.6 is 11.3 Å². The van der Waals surface area contributed by atoms with Crippen molar-refractivity contribution in [2.75, 3.05) is 13.2 Å².